The molecular formula is C40H62N2O9Si. The van der Waals surface area contributed by atoms with Crippen LogP contribution >= 0.6 is 0 Å². The van der Waals surface area contributed by atoms with E-state index in [2.05, 4.69) is 33.9 Å². The third-order valence-electron chi connectivity index (χ3n) is 10.0. The van der Waals surface area contributed by atoms with Crippen molar-refractivity contribution in [2.24, 2.45) is 5.92 Å². The van der Waals surface area contributed by atoms with Crippen molar-refractivity contribution >= 4 is 20.3 Å². The van der Waals surface area contributed by atoms with Gasteiger partial charge in [0.05, 0.1) is 25.7 Å². The molecule has 0 spiro atoms. The second kappa shape index (κ2) is 17.7. The Hall–Kier alpha value is -3.32. The predicted octanol–water partition coefficient (Wildman–Crippen LogP) is 7.63. The van der Waals surface area contributed by atoms with E-state index < -0.39 is 32.0 Å². The summed E-state index contributed by atoms with van der Waals surface area (Å²) in [6.07, 6.45) is 1.65. The smallest absolute Gasteiger partial charge is 0.410 e. The Bertz CT molecular complexity index is 1480. The van der Waals surface area contributed by atoms with Crippen molar-refractivity contribution in [1.29, 1.82) is 0 Å². The number of rotatable bonds is 16. The summed E-state index contributed by atoms with van der Waals surface area (Å²) in [5.74, 6) is 0.959. The fourth-order valence-corrected chi connectivity index (χ4v) is 7.60. The Morgan fingerprint density at radius 3 is 2.19 bits per heavy atom. The lowest BCUT2D eigenvalue weighted by atomic mass is 9.77. The lowest BCUT2D eigenvalue weighted by Gasteiger charge is -2.48. The number of carbonyl (C=O) groups is 2. The molecular weight excluding hydrogens is 681 g/mol. The van der Waals surface area contributed by atoms with Gasteiger partial charge >= 0.3 is 6.09 Å². The van der Waals surface area contributed by atoms with Crippen LogP contribution in [-0.4, -0.2) is 102 Å². The molecule has 1 aliphatic heterocycles. The molecule has 0 unspecified atom stereocenters. The molecule has 2 fully saturated rings. The summed E-state index contributed by atoms with van der Waals surface area (Å²) in [5.41, 5.74) is 1.12. The number of hydrogen-bond acceptors (Lipinski definition) is 9. The molecule has 12 heteroatoms. The van der Waals surface area contributed by atoms with Crippen molar-refractivity contribution in [2.75, 3.05) is 54.4 Å². The van der Waals surface area contributed by atoms with Crippen molar-refractivity contribution < 1.29 is 42.4 Å². The highest BCUT2D eigenvalue weighted by Gasteiger charge is 2.50. The number of nitrogens with zero attached hydrogens (tertiary/aromatic N) is 2. The minimum absolute atomic E-state index is 0.0295. The van der Waals surface area contributed by atoms with E-state index in [0.717, 1.165) is 30.4 Å². The van der Waals surface area contributed by atoms with Gasteiger partial charge in [-0.3, -0.25) is 4.79 Å². The number of benzene rings is 2. The van der Waals surface area contributed by atoms with Crippen LogP contribution < -0.4 is 14.2 Å². The van der Waals surface area contributed by atoms with Crippen LogP contribution in [0.1, 0.15) is 77.8 Å². The summed E-state index contributed by atoms with van der Waals surface area (Å²) in [5, 5.41) is -0.107. The Morgan fingerprint density at radius 1 is 0.865 bits per heavy atom. The van der Waals surface area contributed by atoms with Crippen molar-refractivity contribution in [3.8, 4) is 17.2 Å². The van der Waals surface area contributed by atoms with Crippen LogP contribution in [0.2, 0.25) is 18.1 Å². The molecule has 11 nitrogen and oxygen atoms in total. The quantitative estimate of drug-likeness (QED) is 0.0976. The van der Waals surface area contributed by atoms with E-state index in [0.29, 0.717) is 43.6 Å². The summed E-state index contributed by atoms with van der Waals surface area (Å²) in [7, 11) is 2.48. The van der Waals surface area contributed by atoms with Crippen LogP contribution in [0.4, 0.5) is 4.79 Å². The highest BCUT2D eigenvalue weighted by Crippen LogP contribution is 2.45. The van der Waals surface area contributed by atoms with E-state index in [-0.39, 0.29) is 36.2 Å². The van der Waals surface area contributed by atoms with Crippen LogP contribution in [-0.2, 0) is 30.0 Å². The van der Waals surface area contributed by atoms with Gasteiger partial charge in [-0.2, -0.15) is 0 Å². The van der Waals surface area contributed by atoms with Crippen LogP contribution in [0, 0.1) is 5.92 Å². The second-order valence-corrected chi connectivity index (χ2v) is 21.2. The van der Waals surface area contributed by atoms with Gasteiger partial charge in [0, 0.05) is 64.9 Å². The lowest BCUT2D eigenvalue weighted by Crippen LogP contribution is -2.59. The molecule has 2 aromatic rings. The standard InChI is InChI=1S/C40H62N2O9Si/c1-39(2,3)50-38(44)41-25-34(36(29-14-12-15-31(22-29)49-27-46-8)35(26-41)51-52(10,11)40(4,5)6)37(43)42(30-16-17-30)24-28-20-32(47-9)23-33(21-28)48-19-13-18-45-7/h12,14-15,20-23,30,34-36H,13,16-19,24-27H2,1-11H3/t34-,35+,36+/m0/s1. The third kappa shape index (κ3) is 11.3. The molecule has 2 aliphatic rings. The number of likely N-dealkylation sites (tertiary alicyclic amines) is 1. The first-order chi connectivity index (χ1) is 24.5. The van der Waals surface area contributed by atoms with E-state index in [9.17, 15) is 4.79 Å². The van der Waals surface area contributed by atoms with E-state index >= 15 is 4.79 Å². The summed E-state index contributed by atoms with van der Waals surface area (Å²) in [6.45, 7) is 18.6. The first-order valence-electron chi connectivity index (χ1n) is 18.4. The maximum Gasteiger partial charge on any atom is 0.410 e. The first-order valence-corrected chi connectivity index (χ1v) is 21.3. The predicted molar refractivity (Wildman–Crippen MR) is 204 cm³/mol. The van der Waals surface area contributed by atoms with Crippen LogP contribution in [0.5, 0.6) is 17.2 Å². The summed E-state index contributed by atoms with van der Waals surface area (Å²) in [6, 6.07) is 13.7. The lowest BCUT2D eigenvalue weighted by molar-refractivity contribution is -0.141. The number of amides is 2. The molecule has 3 atom stereocenters. The summed E-state index contributed by atoms with van der Waals surface area (Å²) in [4.78, 5) is 32.7. The molecule has 2 amide bonds. The van der Waals surface area contributed by atoms with Gasteiger partial charge in [-0.1, -0.05) is 32.9 Å². The van der Waals surface area contributed by atoms with Gasteiger partial charge in [-0.15, -0.1) is 0 Å². The number of methoxy groups -OCH3 is 3. The zero-order chi connectivity index (χ0) is 38.3. The third-order valence-corrected chi connectivity index (χ3v) is 14.5. The molecule has 0 radical (unpaired) electrons. The molecule has 52 heavy (non-hydrogen) atoms. The number of carbonyl (C=O) groups excluding carboxylic acids is 2. The average Bonchev–Trinajstić information content (AvgIpc) is 3.92. The highest BCUT2D eigenvalue weighted by molar-refractivity contribution is 6.74. The van der Waals surface area contributed by atoms with Crippen molar-refractivity contribution in [1.82, 2.24) is 9.80 Å². The molecule has 290 valence electrons. The monoisotopic (exact) mass is 742 g/mol. The molecule has 2 aromatic carbocycles. The van der Waals surface area contributed by atoms with Gasteiger partial charge in [0.15, 0.2) is 15.1 Å². The van der Waals surface area contributed by atoms with Crippen molar-refractivity contribution in [3.63, 3.8) is 0 Å². The number of hydrogen-bond donors (Lipinski definition) is 0. The topological polar surface area (TPSA) is 105 Å². The van der Waals surface area contributed by atoms with Crippen LogP contribution in [0.25, 0.3) is 0 Å². The van der Waals surface area contributed by atoms with Crippen molar-refractivity contribution in [2.45, 2.75) is 109 Å². The Morgan fingerprint density at radius 2 is 1.58 bits per heavy atom. The fraction of sp³-hybridized carbons (Fsp3) is 0.650. The van der Waals surface area contributed by atoms with E-state index in [1.165, 1.54) is 0 Å². The Balaban J connectivity index is 1.78. The van der Waals surface area contributed by atoms with E-state index in [1.54, 1.807) is 26.2 Å². The maximum atomic E-state index is 15.2. The van der Waals surface area contributed by atoms with Crippen LogP contribution in [0.3, 0.4) is 0 Å². The van der Waals surface area contributed by atoms with Gasteiger partial charge in [0.2, 0.25) is 5.91 Å². The van der Waals surface area contributed by atoms with E-state index in [1.807, 2.05) is 68.1 Å². The largest absolute Gasteiger partial charge is 0.497 e. The molecule has 1 heterocycles. The summed E-state index contributed by atoms with van der Waals surface area (Å²) >= 11 is 0. The van der Waals surface area contributed by atoms with Gasteiger partial charge in [0.25, 0.3) is 0 Å². The minimum atomic E-state index is -2.40. The second-order valence-electron chi connectivity index (χ2n) is 16.5. The molecule has 4 rings (SSSR count). The molecule has 1 saturated heterocycles. The number of ether oxygens (including phenoxy) is 6. The van der Waals surface area contributed by atoms with E-state index in [4.69, 9.17) is 32.8 Å². The molecule has 1 saturated carbocycles. The molecule has 1 aliphatic carbocycles. The average molecular weight is 743 g/mol. The zero-order valence-electron chi connectivity index (χ0n) is 33.3. The fourth-order valence-electron chi connectivity index (χ4n) is 6.27. The minimum Gasteiger partial charge on any atom is -0.497 e. The van der Waals surface area contributed by atoms with Crippen LogP contribution in [0.15, 0.2) is 42.5 Å². The van der Waals surface area contributed by atoms with Gasteiger partial charge in [-0.25, -0.2) is 4.79 Å². The normalized spacial score (nSPS) is 19.6. The first kappa shape index (κ1) is 41.4. The molecule has 0 bridgehead atoms. The Labute approximate surface area is 312 Å². The summed E-state index contributed by atoms with van der Waals surface area (Å²) < 4.78 is 41.0. The van der Waals surface area contributed by atoms with Gasteiger partial charge in [0.1, 0.15) is 22.8 Å². The Kier molecular flexibility index (Phi) is 14.1. The van der Waals surface area contributed by atoms with Gasteiger partial charge < -0.3 is 42.6 Å². The molecule has 0 N–H and O–H groups in total. The van der Waals surface area contributed by atoms with Crippen molar-refractivity contribution in [3.05, 3.63) is 53.6 Å². The number of piperidine rings is 1. The SMILES string of the molecule is COCCCOc1cc(CN(C(=O)[C@H]2CN(C(=O)OC(C)(C)C)C[C@@H](O[Si](C)(C)C(C)(C)C)[C@@H]2c2cccc(OCOC)c2)C2CC2)cc(OC)c1. The van der Waals surface area contributed by atoms with Gasteiger partial charge in [-0.05, 0) is 87.1 Å². The highest BCUT2D eigenvalue weighted by atomic mass is 28.4. The zero-order valence-corrected chi connectivity index (χ0v) is 34.3. The maximum absolute atomic E-state index is 15.2. The molecule has 0 aromatic heterocycles.